The highest BCUT2D eigenvalue weighted by Crippen LogP contribution is 2.32. The average Bonchev–Trinajstić information content (AvgIpc) is 3.32. The van der Waals surface area contributed by atoms with E-state index in [-0.39, 0.29) is 18.6 Å². The predicted molar refractivity (Wildman–Crippen MR) is 111 cm³/mol. The highest BCUT2D eigenvalue weighted by Gasteiger charge is 2.32. The molecule has 2 aromatic carbocycles. The number of carbonyl (C=O) groups excluding carboxylic acids is 1. The van der Waals surface area contributed by atoms with Gasteiger partial charge in [0.1, 0.15) is 11.6 Å². The Labute approximate surface area is 165 Å². The van der Waals surface area contributed by atoms with E-state index in [0.717, 1.165) is 53.1 Å². The lowest BCUT2D eigenvalue weighted by atomic mass is 10.0. The Morgan fingerprint density at radius 2 is 2.11 bits per heavy atom. The van der Waals surface area contributed by atoms with Crippen LogP contribution in [0.1, 0.15) is 55.6 Å². The van der Waals surface area contributed by atoms with E-state index in [2.05, 4.69) is 31.0 Å². The van der Waals surface area contributed by atoms with Gasteiger partial charge in [-0.15, -0.1) is 0 Å². The number of imidazole rings is 1. The third-order valence-electron chi connectivity index (χ3n) is 5.44. The Morgan fingerprint density at radius 3 is 2.89 bits per heavy atom. The van der Waals surface area contributed by atoms with E-state index in [1.807, 2.05) is 42.2 Å². The SMILES string of the molecule is Cc1ccc(C(C)C)c(OCC(=O)N2CCC[C@@H]2c2nc3ccccc3[nH]2)c1. The number of amides is 1. The summed E-state index contributed by atoms with van der Waals surface area (Å²) in [5, 5.41) is 0. The Balaban J connectivity index is 1.49. The minimum atomic E-state index is -0.00872. The van der Waals surface area contributed by atoms with Gasteiger partial charge in [-0.05, 0) is 55.0 Å². The molecule has 1 amide bonds. The number of fused-ring (bicyclic) bond motifs is 1. The first-order valence-electron chi connectivity index (χ1n) is 10.0. The van der Waals surface area contributed by atoms with E-state index in [1.54, 1.807) is 0 Å². The van der Waals surface area contributed by atoms with E-state index in [0.29, 0.717) is 5.92 Å². The normalized spacial score (nSPS) is 16.9. The molecule has 0 bridgehead atoms. The molecule has 3 aromatic rings. The summed E-state index contributed by atoms with van der Waals surface area (Å²) in [7, 11) is 0. The number of ether oxygens (including phenoxy) is 1. The molecule has 5 heteroatoms. The topological polar surface area (TPSA) is 58.2 Å². The van der Waals surface area contributed by atoms with Gasteiger partial charge in [-0.1, -0.05) is 38.1 Å². The summed E-state index contributed by atoms with van der Waals surface area (Å²) in [6.07, 6.45) is 1.91. The zero-order chi connectivity index (χ0) is 19.7. The van der Waals surface area contributed by atoms with Crippen LogP contribution in [-0.4, -0.2) is 33.9 Å². The van der Waals surface area contributed by atoms with Gasteiger partial charge in [-0.3, -0.25) is 4.79 Å². The van der Waals surface area contributed by atoms with Gasteiger partial charge in [0.05, 0.1) is 17.1 Å². The summed E-state index contributed by atoms with van der Waals surface area (Å²) in [5.41, 5.74) is 4.21. The van der Waals surface area contributed by atoms with Crippen molar-refractivity contribution in [1.82, 2.24) is 14.9 Å². The van der Waals surface area contributed by atoms with Crippen LogP contribution in [0.15, 0.2) is 42.5 Å². The van der Waals surface area contributed by atoms with E-state index < -0.39 is 0 Å². The van der Waals surface area contributed by atoms with Crippen LogP contribution in [0.25, 0.3) is 11.0 Å². The lowest BCUT2D eigenvalue weighted by Gasteiger charge is -2.24. The van der Waals surface area contributed by atoms with Crippen molar-refractivity contribution in [3.63, 3.8) is 0 Å². The largest absolute Gasteiger partial charge is 0.483 e. The zero-order valence-corrected chi connectivity index (χ0v) is 16.7. The van der Waals surface area contributed by atoms with E-state index >= 15 is 0 Å². The number of hydrogen-bond acceptors (Lipinski definition) is 3. The molecule has 1 atom stereocenters. The number of rotatable bonds is 5. The van der Waals surface area contributed by atoms with Crippen molar-refractivity contribution >= 4 is 16.9 Å². The number of nitrogens with one attached hydrogen (secondary N) is 1. The second-order valence-corrected chi connectivity index (χ2v) is 7.87. The van der Waals surface area contributed by atoms with Crippen molar-refractivity contribution in [3.05, 3.63) is 59.4 Å². The Kier molecular flexibility index (Phi) is 5.07. The van der Waals surface area contributed by atoms with Crippen LogP contribution in [-0.2, 0) is 4.79 Å². The van der Waals surface area contributed by atoms with E-state index in [1.165, 1.54) is 0 Å². The standard InChI is InChI=1S/C23H27N3O2/c1-15(2)17-11-10-16(3)13-21(17)28-14-22(27)26-12-6-9-20(26)23-24-18-7-4-5-8-19(18)25-23/h4-5,7-8,10-11,13,15,20H,6,9,12,14H2,1-3H3,(H,24,25)/t20-/m1/s1. The Bertz CT molecular complexity index is 959. The molecule has 4 rings (SSSR count). The van der Waals surface area contributed by atoms with Crippen LogP contribution >= 0.6 is 0 Å². The first-order chi connectivity index (χ1) is 13.5. The maximum atomic E-state index is 12.9. The van der Waals surface area contributed by atoms with E-state index in [4.69, 9.17) is 9.72 Å². The maximum Gasteiger partial charge on any atom is 0.261 e. The summed E-state index contributed by atoms with van der Waals surface area (Å²) >= 11 is 0. The number of aromatic amines is 1. The zero-order valence-electron chi connectivity index (χ0n) is 16.7. The Morgan fingerprint density at radius 1 is 1.29 bits per heavy atom. The fourth-order valence-electron chi connectivity index (χ4n) is 3.95. The fourth-order valence-corrected chi connectivity index (χ4v) is 3.95. The molecule has 0 unspecified atom stereocenters. The van der Waals surface area contributed by atoms with Crippen molar-refractivity contribution in [2.45, 2.75) is 45.6 Å². The summed E-state index contributed by atoms with van der Waals surface area (Å²) in [6, 6.07) is 14.2. The van der Waals surface area contributed by atoms with Crippen molar-refractivity contribution in [2.24, 2.45) is 0 Å². The molecular formula is C23H27N3O2. The monoisotopic (exact) mass is 377 g/mol. The molecule has 0 spiro atoms. The molecule has 0 aliphatic carbocycles. The van der Waals surface area contributed by atoms with Gasteiger partial charge in [0.25, 0.3) is 5.91 Å². The number of benzene rings is 2. The number of H-pyrrole nitrogens is 1. The molecule has 0 saturated carbocycles. The average molecular weight is 377 g/mol. The Hall–Kier alpha value is -2.82. The van der Waals surface area contributed by atoms with Crippen molar-refractivity contribution < 1.29 is 9.53 Å². The van der Waals surface area contributed by atoms with Crippen LogP contribution in [0.3, 0.4) is 0 Å². The van der Waals surface area contributed by atoms with Gasteiger partial charge < -0.3 is 14.6 Å². The van der Waals surface area contributed by atoms with Crippen LogP contribution < -0.4 is 4.74 Å². The number of hydrogen-bond donors (Lipinski definition) is 1. The molecular weight excluding hydrogens is 350 g/mol. The van der Waals surface area contributed by atoms with Crippen molar-refractivity contribution in [3.8, 4) is 5.75 Å². The lowest BCUT2D eigenvalue weighted by molar-refractivity contribution is -0.134. The molecule has 146 valence electrons. The van der Waals surface area contributed by atoms with Crippen molar-refractivity contribution in [2.75, 3.05) is 13.2 Å². The van der Waals surface area contributed by atoms with E-state index in [9.17, 15) is 4.79 Å². The summed E-state index contributed by atoms with van der Waals surface area (Å²) < 4.78 is 5.97. The third kappa shape index (κ3) is 3.61. The third-order valence-corrected chi connectivity index (χ3v) is 5.44. The smallest absolute Gasteiger partial charge is 0.261 e. The molecule has 2 heterocycles. The highest BCUT2D eigenvalue weighted by molar-refractivity contribution is 5.79. The minimum absolute atomic E-state index is 0.00872. The first-order valence-corrected chi connectivity index (χ1v) is 10.0. The van der Waals surface area contributed by atoms with Gasteiger partial charge in [-0.2, -0.15) is 0 Å². The summed E-state index contributed by atoms with van der Waals surface area (Å²) in [4.78, 5) is 22.9. The number of aromatic nitrogens is 2. The molecule has 28 heavy (non-hydrogen) atoms. The fraction of sp³-hybridized carbons (Fsp3) is 0.391. The van der Waals surface area contributed by atoms with Crippen LogP contribution in [0.2, 0.25) is 0 Å². The number of para-hydroxylation sites is 2. The second-order valence-electron chi connectivity index (χ2n) is 7.87. The van der Waals surface area contributed by atoms with Crippen LogP contribution in [0.5, 0.6) is 5.75 Å². The molecule has 0 radical (unpaired) electrons. The molecule has 5 nitrogen and oxygen atoms in total. The predicted octanol–water partition coefficient (Wildman–Crippen LogP) is 4.74. The lowest BCUT2D eigenvalue weighted by Crippen LogP contribution is -2.35. The van der Waals surface area contributed by atoms with Gasteiger partial charge in [-0.25, -0.2) is 4.98 Å². The van der Waals surface area contributed by atoms with Gasteiger partial charge in [0.2, 0.25) is 0 Å². The number of nitrogens with zero attached hydrogens (tertiary/aromatic N) is 2. The molecule has 1 aromatic heterocycles. The molecule has 1 saturated heterocycles. The molecule has 1 aliphatic heterocycles. The minimum Gasteiger partial charge on any atom is -0.483 e. The molecule has 1 N–H and O–H groups in total. The van der Waals surface area contributed by atoms with Gasteiger partial charge >= 0.3 is 0 Å². The van der Waals surface area contributed by atoms with Crippen LogP contribution in [0.4, 0.5) is 0 Å². The number of aryl methyl sites for hydroxylation is 1. The summed E-state index contributed by atoms with van der Waals surface area (Å²) in [5.74, 6) is 2.04. The quantitative estimate of drug-likeness (QED) is 0.699. The van der Waals surface area contributed by atoms with Gasteiger partial charge in [0, 0.05) is 6.54 Å². The number of likely N-dealkylation sites (tertiary alicyclic amines) is 1. The van der Waals surface area contributed by atoms with Crippen molar-refractivity contribution in [1.29, 1.82) is 0 Å². The van der Waals surface area contributed by atoms with Crippen LogP contribution in [0, 0.1) is 6.92 Å². The number of carbonyl (C=O) groups is 1. The maximum absolute atomic E-state index is 12.9. The molecule has 1 aliphatic rings. The first kappa shape index (κ1) is 18.5. The summed E-state index contributed by atoms with van der Waals surface area (Å²) in [6.45, 7) is 7.11. The second kappa shape index (κ2) is 7.66. The molecule has 1 fully saturated rings. The highest BCUT2D eigenvalue weighted by atomic mass is 16.5. The van der Waals surface area contributed by atoms with Gasteiger partial charge in [0.15, 0.2) is 6.61 Å².